The summed E-state index contributed by atoms with van der Waals surface area (Å²) in [7, 11) is 0. The smallest absolute Gasteiger partial charge is 0.251 e. The number of nitrogens with one attached hydrogen (secondary N) is 1. The molecule has 0 spiro atoms. The lowest BCUT2D eigenvalue weighted by atomic mass is 10.1. The highest BCUT2D eigenvalue weighted by molar-refractivity contribution is 5.92. The van der Waals surface area contributed by atoms with Gasteiger partial charge in [0.1, 0.15) is 5.82 Å². The van der Waals surface area contributed by atoms with Crippen LogP contribution in [-0.4, -0.2) is 51.0 Å². The quantitative estimate of drug-likeness (QED) is 0.615. The maximum absolute atomic E-state index is 14.9. The number of carbonyl (C=O) groups is 1. The first-order valence-corrected chi connectivity index (χ1v) is 11.5. The molecule has 1 aliphatic heterocycles. The molecule has 34 heavy (non-hydrogen) atoms. The van der Waals surface area contributed by atoms with Crippen LogP contribution in [0, 0.1) is 33.5 Å². The number of hydrogen-bond donors (Lipinski definition) is 1. The Bertz CT molecular complexity index is 1190. The molecule has 1 fully saturated rings. The molecule has 2 atom stereocenters. The van der Waals surface area contributed by atoms with Gasteiger partial charge in [0.25, 0.3) is 5.95 Å². The summed E-state index contributed by atoms with van der Waals surface area (Å²) in [4.78, 5) is 23.7. The van der Waals surface area contributed by atoms with Crippen molar-refractivity contribution in [2.75, 3.05) is 23.3 Å². The van der Waals surface area contributed by atoms with Crippen LogP contribution in [0.5, 0.6) is 0 Å². The van der Waals surface area contributed by atoms with Crippen molar-refractivity contribution in [1.82, 2.24) is 19.7 Å². The first kappa shape index (κ1) is 23.8. The fourth-order valence-corrected chi connectivity index (χ4v) is 4.51. The second-order valence-corrected chi connectivity index (χ2v) is 9.07. The molecule has 1 saturated heterocycles. The van der Waals surface area contributed by atoms with E-state index in [1.54, 1.807) is 16.8 Å². The number of rotatable bonds is 5. The molecule has 8 nitrogen and oxygen atoms in total. The number of hydrogen-bond acceptors (Lipinski definition) is 6. The molecule has 1 N–H and O–H groups in total. The zero-order chi connectivity index (χ0) is 24.6. The van der Waals surface area contributed by atoms with E-state index in [0.29, 0.717) is 30.4 Å². The van der Waals surface area contributed by atoms with E-state index >= 15 is 0 Å². The molecule has 9 heteroatoms. The van der Waals surface area contributed by atoms with Gasteiger partial charge in [0.05, 0.1) is 30.0 Å². The number of aromatic nitrogens is 4. The predicted octanol–water partition coefficient (Wildman–Crippen LogP) is 3.83. The fraction of sp³-hybridized carbons (Fsp3) is 0.440. The Hall–Kier alpha value is -3.33. The lowest BCUT2D eigenvalue weighted by Crippen LogP contribution is -2.45. The highest BCUT2D eigenvalue weighted by Crippen LogP contribution is 2.26. The second kappa shape index (κ2) is 9.50. The molecule has 3 heterocycles. The molecule has 1 aliphatic rings. The molecule has 0 bridgehead atoms. The van der Waals surface area contributed by atoms with Crippen LogP contribution in [0.25, 0.3) is 5.95 Å². The Labute approximate surface area is 199 Å². The van der Waals surface area contributed by atoms with Crippen molar-refractivity contribution >= 4 is 17.3 Å². The monoisotopic (exact) mass is 466 g/mol. The summed E-state index contributed by atoms with van der Waals surface area (Å²) in [5.41, 5.74) is 4.96. The van der Waals surface area contributed by atoms with Crippen LogP contribution in [0.2, 0.25) is 0 Å². The Morgan fingerprint density at radius 2 is 1.74 bits per heavy atom. The van der Waals surface area contributed by atoms with Crippen molar-refractivity contribution in [1.29, 1.82) is 0 Å². The van der Waals surface area contributed by atoms with Gasteiger partial charge in [-0.1, -0.05) is 0 Å². The van der Waals surface area contributed by atoms with E-state index in [4.69, 9.17) is 4.74 Å². The molecular weight excluding hydrogens is 435 g/mol. The molecule has 1 amide bonds. The molecule has 0 radical (unpaired) electrons. The van der Waals surface area contributed by atoms with Crippen molar-refractivity contribution in [3.8, 4) is 5.95 Å². The molecule has 180 valence electrons. The van der Waals surface area contributed by atoms with Gasteiger partial charge in [-0.15, -0.1) is 0 Å². The zero-order valence-corrected chi connectivity index (χ0v) is 20.5. The van der Waals surface area contributed by atoms with Crippen molar-refractivity contribution in [3.05, 3.63) is 58.4 Å². The number of morpholine rings is 1. The van der Waals surface area contributed by atoms with Crippen molar-refractivity contribution < 1.29 is 13.9 Å². The van der Waals surface area contributed by atoms with Crippen LogP contribution in [0.4, 0.5) is 15.8 Å². The average molecular weight is 467 g/mol. The van der Waals surface area contributed by atoms with E-state index < -0.39 is 0 Å². The van der Waals surface area contributed by atoms with Gasteiger partial charge < -0.3 is 15.0 Å². The summed E-state index contributed by atoms with van der Waals surface area (Å²) in [6.45, 7) is 12.8. The Balaban J connectivity index is 1.48. The fourth-order valence-electron chi connectivity index (χ4n) is 4.51. The summed E-state index contributed by atoms with van der Waals surface area (Å²) in [5, 5.41) is 7.36. The van der Waals surface area contributed by atoms with Gasteiger partial charge in [0, 0.05) is 41.4 Å². The summed E-state index contributed by atoms with van der Waals surface area (Å²) in [6.07, 6.45) is 0.178. The van der Waals surface area contributed by atoms with Crippen LogP contribution in [0.3, 0.4) is 0 Å². The number of anilines is 2. The Kier molecular flexibility index (Phi) is 6.65. The third-order valence-electron chi connectivity index (χ3n) is 5.93. The zero-order valence-electron chi connectivity index (χ0n) is 20.5. The van der Waals surface area contributed by atoms with E-state index in [0.717, 1.165) is 28.3 Å². The molecular formula is C25H31FN6O2. The summed E-state index contributed by atoms with van der Waals surface area (Å²) >= 11 is 0. The van der Waals surface area contributed by atoms with Gasteiger partial charge >= 0.3 is 0 Å². The van der Waals surface area contributed by atoms with Gasteiger partial charge in [-0.3, -0.25) is 4.79 Å². The van der Waals surface area contributed by atoms with Crippen LogP contribution in [-0.2, 0) is 16.0 Å². The number of amides is 1. The van der Waals surface area contributed by atoms with E-state index in [2.05, 4.69) is 20.4 Å². The lowest BCUT2D eigenvalue weighted by molar-refractivity contribution is -0.115. The van der Waals surface area contributed by atoms with Crippen molar-refractivity contribution in [2.45, 2.75) is 60.2 Å². The molecule has 0 saturated carbocycles. The minimum Gasteiger partial charge on any atom is -0.372 e. The lowest BCUT2D eigenvalue weighted by Gasteiger charge is -2.37. The first-order valence-electron chi connectivity index (χ1n) is 11.5. The minimum absolute atomic E-state index is 0.0315. The SMILES string of the molecule is Cc1cc(C)nc(-n2nc(C)c(CC(=O)Nc3ccc(N4CC(C)OC(C)C4)c(F)c3)c2C)n1. The maximum atomic E-state index is 14.9. The topological polar surface area (TPSA) is 85.2 Å². The largest absolute Gasteiger partial charge is 0.372 e. The summed E-state index contributed by atoms with van der Waals surface area (Å²) in [6, 6.07) is 6.70. The minimum atomic E-state index is -0.369. The van der Waals surface area contributed by atoms with E-state index in [1.807, 2.05) is 52.5 Å². The van der Waals surface area contributed by atoms with E-state index in [1.165, 1.54) is 6.07 Å². The van der Waals surface area contributed by atoms with Gasteiger partial charge in [-0.2, -0.15) is 5.10 Å². The number of nitrogens with zero attached hydrogens (tertiary/aromatic N) is 5. The normalized spacial score (nSPS) is 18.3. The summed E-state index contributed by atoms with van der Waals surface area (Å²) < 4.78 is 22.3. The van der Waals surface area contributed by atoms with Crippen LogP contribution in [0.1, 0.15) is 42.2 Å². The van der Waals surface area contributed by atoms with Gasteiger partial charge in [-0.05, 0) is 65.8 Å². The van der Waals surface area contributed by atoms with Gasteiger partial charge in [-0.25, -0.2) is 19.0 Å². The standard InChI is InChI=1S/C25H31FN6O2/c1-14-9-15(2)28-25(27-14)32-19(6)21(18(5)30-32)11-24(33)29-20-7-8-23(22(26)10-20)31-12-16(3)34-17(4)13-31/h7-10,16-17H,11-13H2,1-6H3,(H,29,33). The van der Waals surface area contributed by atoms with E-state index in [9.17, 15) is 9.18 Å². The van der Waals surface area contributed by atoms with Crippen LogP contribution in [0.15, 0.2) is 24.3 Å². The highest BCUT2D eigenvalue weighted by atomic mass is 19.1. The molecule has 4 rings (SSSR count). The molecule has 0 aliphatic carbocycles. The average Bonchev–Trinajstić information content (AvgIpc) is 3.00. The third kappa shape index (κ3) is 5.09. The number of benzene rings is 1. The summed E-state index contributed by atoms with van der Waals surface area (Å²) in [5.74, 6) is -0.131. The van der Waals surface area contributed by atoms with E-state index in [-0.39, 0.29) is 30.4 Å². The third-order valence-corrected chi connectivity index (χ3v) is 5.93. The number of ether oxygens (including phenoxy) is 1. The van der Waals surface area contributed by atoms with Crippen molar-refractivity contribution in [2.24, 2.45) is 0 Å². The molecule has 1 aromatic carbocycles. The Morgan fingerprint density at radius 1 is 1.09 bits per heavy atom. The number of halogens is 1. The van der Waals surface area contributed by atoms with Crippen LogP contribution >= 0.6 is 0 Å². The maximum Gasteiger partial charge on any atom is 0.251 e. The Morgan fingerprint density at radius 3 is 2.35 bits per heavy atom. The molecule has 2 aromatic heterocycles. The van der Waals surface area contributed by atoms with Crippen LogP contribution < -0.4 is 10.2 Å². The number of carbonyl (C=O) groups excluding carboxylic acids is 1. The van der Waals surface area contributed by atoms with Gasteiger partial charge in [0.15, 0.2) is 0 Å². The molecule has 3 aromatic rings. The predicted molar refractivity (Wildman–Crippen MR) is 129 cm³/mol. The highest BCUT2D eigenvalue weighted by Gasteiger charge is 2.24. The first-order chi connectivity index (χ1) is 16.1. The second-order valence-electron chi connectivity index (χ2n) is 9.07. The van der Waals surface area contributed by atoms with Gasteiger partial charge in [0.2, 0.25) is 5.91 Å². The van der Waals surface area contributed by atoms with Crippen molar-refractivity contribution in [3.63, 3.8) is 0 Å². The number of aryl methyl sites for hydroxylation is 3. The molecule has 2 unspecified atom stereocenters.